The topological polar surface area (TPSA) is 38.3 Å². The molecule has 1 fully saturated rings. The minimum atomic E-state index is -0.296. The number of rotatable bonds is 0. The number of cyclic esters (lactones) is 1. The van der Waals surface area contributed by atoms with Gasteiger partial charge in [-0.25, -0.2) is 4.79 Å². The van der Waals surface area contributed by atoms with Gasteiger partial charge in [-0.1, -0.05) is 0 Å². The average molecular weight is 110 g/mol. The molecule has 0 aromatic heterocycles. The first kappa shape index (κ1) is 7.27. The van der Waals surface area contributed by atoms with Crippen molar-refractivity contribution in [1.82, 2.24) is 5.32 Å². The van der Waals surface area contributed by atoms with Crippen LogP contribution in [0.25, 0.3) is 0 Å². The standard InChI is InChI=1S/C3H5NO2.Na/c5-3-4-1-2-6-3;/h1-2H2,(H,4,5);. The molecule has 0 aliphatic carbocycles. The van der Waals surface area contributed by atoms with E-state index in [4.69, 9.17) is 0 Å². The van der Waals surface area contributed by atoms with Crippen molar-refractivity contribution in [3.8, 4) is 0 Å². The zero-order chi connectivity index (χ0) is 4.41. The van der Waals surface area contributed by atoms with Gasteiger partial charge in [-0.2, -0.15) is 0 Å². The van der Waals surface area contributed by atoms with Crippen molar-refractivity contribution in [3.05, 3.63) is 0 Å². The SMILES string of the molecule is O=C1NCCO1.[Na]. The van der Waals surface area contributed by atoms with E-state index in [1.54, 1.807) is 0 Å². The van der Waals surface area contributed by atoms with Crippen LogP contribution in [0.3, 0.4) is 0 Å². The van der Waals surface area contributed by atoms with Gasteiger partial charge in [0.2, 0.25) is 0 Å². The maximum atomic E-state index is 9.91. The molecule has 7 heavy (non-hydrogen) atoms. The summed E-state index contributed by atoms with van der Waals surface area (Å²) in [5.74, 6) is 0. The Morgan fingerprint density at radius 2 is 2.43 bits per heavy atom. The van der Waals surface area contributed by atoms with E-state index in [0.29, 0.717) is 13.2 Å². The molecule has 1 heterocycles. The fraction of sp³-hybridized carbons (Fsp3) is 0.667. The second-order valence-electron chi connectivity index (χ2n) is 1.06. The van der Waals surface area contributed by atoms with Crippen LogP contribution < -0.4 is 5.32 Å². The predicted octanol–water partition coefficient (Wildman–Crippen LogP) is -0.655. The van der Waals surface area contributed by atoms with E-state index in [9.17, 15) is 4.79 Å². The Labute approximate surface area is 63.7 Å². The molecular formula is C3H5NNaO2. The average Bonchev–Trinajstić information content (AvgIpc) is 1.86. The van der Waals surface area contributed by atoms with Crippen molar-refractivity contribution in [2.45, 2.75) is 0 Å². The van der Waals surface area contributed by atoms with E-state index >= 15 is 0 Å². The van der Waals surface area contributed by atoms with Crippen molar-refractivity contribution in [1.29, 1.82) is 0 Å². The Kier molecular flexibility index (Phi) is 3.42. The van der Waals surface area contributed by atoms with E-state index < -0.39 is 0 Å². The van der Waals surface area contributed by atoms with Gasteiger partial charge in [0.25, 0.3) is 0 Å². The molecule has 1 aliphatic rings. The molecule has 35 valence electrons. The molecule has 0 aromatic rings. The third-order valence-electron chi connectivity index (χ3n) is 0.605. The summed E-state index contributed by atoms with van der Waals surface area (Å²) < 4.78 is 4.40. The number of nitrogens with one attached hydrogen (secondary N) is 1. The molecule has 1 radical (unpaired) electrons. The van der Waals surface area contributed by atoms with Crippen LogP contribution in [-0.2, 0) is 4.74 Å². The fourth-order valence-electron chi connectivity index (χ4n) is 0.348. The summed E-state index contributed by atoms with van der Waals surface area (Å²) in [4.78, 5) is 9.91. The predicted molar refractivity (Wildman–Crippen MR) is 25.1 cm³/mol. The normalized spacial score (nSPS) is 16.9. The molecule has 0 bridgehead atoms. The molecule has 0 atom stereocenters. The Morgan fingerprint density at radius 1 is 1.71 bits per heavy atom. The molecule has 1 rings (SSSR count). The van der Waals surface area contributed by atoms with Crippen LogP contribution in [-0.4, -0.2) is 48.8 Å². The van der Waals surface area contributed by atoms with E-state index in [1.165, 1.54) is 0 Å². The quantitative estimate of drug-likeness (QED) is 0.420. The van der Waals surface area contributed by atoms with Gasteiger partial charge in [0, 0.05) is 29.6 Å². The third-order valence-corrected chi connectivity index (χ3v) is 0.605. The van der Waals surface area contributed by atoms with Gasteiger partial charge >= 0.3 is 6.09 Å². The molecule has 1 saturated heterocycles. The molecule has 4 heteroatoms. The third kappa shape index (κ3) is 2.16. The maximum absolute atomic E-state index is 9.91. The number of hydrogen-bond acceptors (Lipinski definition) is 2. The number of hydrogen-bond donors (Lipinski definition) is 1. The van der Waals surface area contributed by atoms with Crippen LogP contribution in [0, 0.1) is 0 Å². The molecule has 1 amide bonds. The van der Waals surface area contributed by atoms with Crippen LogP contribution >= 0.6 is 0 Å². The summed E-state index contributed by atoms with van der Waals surface area (Å²) in [6.07, 6.45) is -0.296. The van der Waals surface area contributed by atoms with Gasteiger partial charge in [0.05, 0.1) is 6.54 Å². The summed E-state index contributed by atoms with van der Waals surface area (Å²) in [6.45, 7) is 1.19. The Bertz CT molecular complexity index is 67.3. The first-order chi connectivity index (χ1) is 2.89. The number of ether oxygens (including phenoxy) is 1. The molecule has 0 spiro atoms. The number of alkyl carbamates (subject to hydrolysis) is 1. The van der Waals surface area contributed by atoms with Crippen LogP contribution in [0.4, 0.5) is 4.79 Å². The maximum Gasteiger partial charge on any atom is 0.407 e. The number of carbonyl (C=O) groups is 1. The first-order valence-electron chi connectivity index (χ1n) is 1.80. The van der Waals surface area contributed by atoms with Crippen molar-refractivity contribution in [2.24, 2.45) is 0 Å². The first-order valence-corrected chi connectivity index (χ1v) is 1.80. The summed E-state index contributed by atoms with van der Waals surface area (Å²) >= 11 is 0. The Morgan fingerprint density at radius 3 is 2.57 bits per heavy atom. The largest absolute Gasteiger partial charge is 0.448 e. The molecule has 0 unspecified atom stereocenters. The number of amides is 1. The van der Waals surface area contributed by atoms with Gasteiger partial charge < -0.3 is 10.1 Å². The van der Waals surface area contributed by atoms with Gasteiger partial charge in [-0.05, 0) is 0 Å². The van der Waals surface area contributed by atoms with Crippen molar-refractivity contribution in [3.63, 3.8) is 0 Å². The smallest absolute Gasteiger partial charge is 0.407 e. The molecular weight excluding hydrogens is 105 g/mol. The van der Waals surface area contributed by atoms with Crippen LogP contribution in [0.5, 0.6) is 0 Å². The van der Waals surface area contributed by atoms with Crippen LogP contribution in [0.15, 0.2) is 0 Å². The molecule has 1 aliphatic heterocycles. The Hall–Kier alpha value is 0.270. The van der Waals surface area contributed by atoms with E-state index in [0.717, 1.165) is 0 Å². The van der Waals surface area contributed by atoms with Crippen LogP contribution in [0.2, 0.25) is 0 Å². The summed E-state index contributed by atoms with van der Waals surface area (Å²) in [5.41, 5.74) is 0. The summed E-state index contributed by atoms with van der Waals surface area (Å²) in [7, 11) is 0. The van der Waals surface area contributed by atoms with Crippen molar-refractivity contribution < 1.29 is 9.53 Å². The zero-order valence-electron chi connectivity index (χ0n) is 4.23. The van der Waals surface area contributed by atoms with Gasteiger partial charge in [0.1, 0.15) is 6.61 Å². The monoisotopic (exact) mass is 110 g/mol. The fourth-order valence-corrected chi connectivity index (χ4v) is 0.348. The van der Waals surface area contributed by atoms with E-state index in [1.807, 2.05) is 0 Å². The zero-order valence-corrected chi connectivity index (χ0v) is 6.23. The van der Waals surface area contributed by atoms with E-state index in [-0.39, 0.29) is 35.7 Å². The molecule has 1 N–H and O–H groups in total. The van der Waals surface area contributed by atoms with Gasteiger partial charge in [-0.3, -0.25) is 0 Å². The minimum Gasteiger partial charge on any atom is -0.448 e. The van der Waals surface area contributed by atoms with Crippen molar-refractivity contribution >= 4 is 35.7 Å². The van der Waals surface area contributed by atoms with Crippen LogP contribution in [0.1, 0.15) is 0 Å². The molecule has 3 nitrogen and oxygen atoms in total. The van der Waals surface area contributed by atoms with Gasteiger partial charge in [0.15, 0.2) is 0 Å². The summed E-state index contributed by atoms with van der Waals surface area (Å²) in [5, 5.41) is 2.46. The summed E-state index contributed by atoms with van der Waals surface area (Å²) in [6, 6.07) is 0. The molecule has 0 saturated carbocycles. The second kappa shape index (κ2) is 3.29. The minimum absolute atomic E-state index is 0. The second-order valence-corrected chi connectivity index (χ2v) is 1.06. The van der Waals surface area contributed by atoms with Gasteiger partial charge in [-0.15, -0.1) is 0 Å². The molecule has 0 aromatic carbocycles. The van der Waals surface area contributed by atoms with E-state index in [2.05, 4.69) is 10.1 Å². The number of carbonyl (C=O) groups excluding carboxylic acids is 1. The van der Waals surface area contributed by atoms with Crippen molar-refractivity contribution in [2.75, 3.05) is 13.2 Å². The Balaban J connectivity index is 0.000000360.